The minimum Gasteiger partial charge on any atom is -0.437 e. The Morgan fingerprint density at radius 2 is 1.86 bits per heavy atom. The fraction of sp³-hybridized carbons (Fsp3) is 0.417. The average molecular weight is 388 g/mol. The van der Waals surface area contributed by atoms with Crippen LogP contribution in [0, 0.1) is 10.1 Å². The summed E-state index contributed by atoms with van der Waals surface area (Å²) in [7, 11) is -1.08. The summed E-state index contributed by atoms with van der Waals surface area (Å²) in [5, 5.41) is 11.0. The predicted molar refractivity (Wildman–Crippen MR) is 87.9 cm³/mol. The van der Waals surface area contributed by atoms with E-state index in [-0.39, 0.29) is 5.69 Å². The number of amides is 1. The number of halogens is 3. The van der Waals surface area contributed by atoms with E-state index < -0.39 is 31.1 Å². The number of hydrogen-bond acceptors (Lipinski definition) is 4. The fourth-order valence-electron chi connectivity index (χ4n) is 1.31. The number of para-hydroxylation sites is 1. The van der Waals surface area contributed by atoms with Gasteiger partial charge < -0.3 is 4.74 Å². The molecule has 0 aliphatic heterocycles. The minimum atomic E-state index is -1.83. The number of nitro benzene ring substituents is 1. The molecule has 122 valence electrons. The standard InChI is InChI=1S/C12H13Cl3N2O4S/c1-11(2,12(13,14)15)21-10(18)16-22(3)9-7-5-4-6-8(9)17(19)20/h4-7H,1-3H3. The van der Waals surface area contributed by atoms with Crippen molar-refractivity contribution in [2.45, 2.75) is 28.1 Å². The van der Waals surface area contributed by atoms with Gasteiger partial charge in [0, 0.05) is 6.07 Å². The summed E-state index contributed by atoms with van der Waals surface area (Å²) in [6.07, 6.45) is 0.603. The summed E-state index contributed by atoms with van der Waals surface area (Å²) in [5.74, 6) is 0. The first-order valence-corrected chi connectivity index (χ1v) is 8.59. The molecule has 22 heavy (non-hydrogen) atoms. The number of carbonyl (C=O) groups excluding carboxylic acids is 1. The number of nitro groups is 1. The third-order valence-electron chi connectivity index (χ3n) is 2.62. The van der Waals surface area contributed by atoms with Crippen LogP contribution in [0.5, 0.6) is 0 Å². The fourth-order valence-corrected chi connectivity index (χ4v) is 2.51. The summed E-state index contributed by atoms with van der Waals surface area (Å²) >= 11 is 17.1. The van der Waals surface area contributed by atoms with Crippen LogP contribution in [0.4, 0.5) is 10.5 Å². The molecule has 6 nitrogen and oxygen atoms in total. The van der Waals surface area contributed by atoms with Crippen LogP contribution >= 0.6 is 34.8 Å². The molecule has 0 saturated carbocycles. The first kappa shape index (κ1) is 19.2. The normalized spacial score (nSPS) is 13.7. The molecule has 1 aromatic carbocycles. The lowest BCUT2D eigenvalue weighted by molar-refractivity contribution is -0.387. The number of nitrogens with zero attached hydrogens (tertiary/aromatic N) is 2. The summed E-state index contributed by atoms with van der Waals surface area (Å²) in [6, 6.07) is 6.02. The van der Waals surface area contributed by atoms with Crippen LogP contribution in [0.2, 0.25) is 0 Å². The van der Waals surface area contributed by atoms with Crippen LogP contribution in [0.3, 0.4) is 0 Å². The Balaban J connectivity index is 3.04. The highest BCUT2D eigenvalue weighted by molar-refractivity contribution is 7.87. The lowest BCUT2D eigenvalue weighted by Gasteiger charge is -2.30. The summed E-state index contributed by atoms with van der Waals surface area (Å²) < 4.78 is 6.98. The van der Waals surface area contributed by atoms with E-state index in [1.54, 1.807) is 12.3 Å². The van der Waals surface area contributed by atoms with Gasteiger partial charge in [0.1, 0.15) is 0 Å². The SMILES string of the molecule is C/S(=N\C(=O)OC(C)(C)C(Cl)(Cl)Cl)c1ccccc1[N+](=O)[O-]. The molecule has 0 aromatic heterocycles. The van der Waals surface area contributed by atoms with E-state index >= 15 is 0 Å². The molecule has 0 aliphatic carbocycles. The maximum Gasteiger partial charge on any atom is 0.440 e. The molecule has 0 heterocycles. The molecule has 0 spiro atoms. The summed E-state index contributed by atoms with van der Waals surface area (Å²) in [6.45, 7) is 2.85. The van der Waals surface area contributed by atoms with Crippen molar-refractivity contribution in [1.29, 1.82) is 0 Å². The van der Waals surface area contributed by atoms with Crippen molar-refractivity contribution < 1.29 is 14.5 Å². The average Bonchev–Trinajstić information content (AvgIpc) is 2.36. The van der Waals surface area contributed by atoms with Crippen LogP contribution < -0.4 is 0 Å². The Hall–Kier alpha value is -0.890. The van der Waals surface area contributed by atoms with E-state index in [0.717, 1.165) is 0 Å². The Bertz CT molecular complexity index is 629. The van der Waals surface area contributed by atoms with Crippen molar-refractivity contribution in [2.24, 2.45) is 4.36 Å². The van der Waals surface area contributed by atoms with Gasteiger partial charge in [-0.05, 0) is 26.2 Å². The third-order valence-corrected chi connectivity index (χ3v) is 5.39. The van der Waals surface area contributed by atoms with Gasteiger partial charge in [0.2, 0.25) is 3.79 Å². The molecule has 1 atom stereocenters. The van der Waals surface area contributed by atoms with Crippen LogP contribution in [0.15, 0.2) is 33.5 Å². The second-order valence-corrected chi connectivity index (χ2v) is 8.53. The van der Waals surface area contributed by atoms with E-state index in [1.807, 2.05) is 0 Å². The maximum absolute atomic E-state index is 11.8. The zero-order valence-corrected chi connectivity index (χ0v) is 15.0. The molecular formula is C12H13Cl3N2O4S. The number of rotatable bonds is 3. The zero-order chi connectivity index (χ0) is 17.1. The van der Waals surface area contributed by atoms with Gasteiger partial charge in [-0.25, -0.2) is 4.79 Å². The van der Waals surface area contributed by atoms with Gasteiger partial charge in [-0.3, -0.25) is 10.1 Å². The third kappa shape index (κ3) is 4.81. The highest BCUT2D eigenvalue weighted by Gasteiger charge is 2.44. The van der Waals surface area contributed by atoms with Gasteiger partial charge in [0.25, 0.3) is 5.69 Å². The van der Waals surface area contributed by atoms with Crippen LogP contribution in [-0.4, -0.2) is 26.7 Å². The number of alkyl halides is 3. The highest BCUT2D eigenvalue weighted by Crippen LogP contribution is 2.40. The van der Waals surface area contributed by atoms with Crippen LogP contribution in [-0.2, 0) is 15.4 Å². The maximum atomic E-state index is 11.8. The van der Waals surface area contributed by atoms with Crippen molar-refractivity contribution in [3.63, 3.8) is 0 Å². The molecule has 0 bridgehead atoms. The number of benzene rings is 1. The van der Waals surface area contributed by atoms with Gasteiger partial charge in [-0.15, -0.1) is 4.36 Å². The quantitative estimate of drug-likeness (QED) is 0.428. The van der Waals surface area contributed by atoms with E-state index in [9.17, 15) is 14.9 Å². The molecule has 0 aliphatic rings. The number of ether oxygens (including phenoxy) is 1. The van der Waals surface area contributed by atoms with E-state index in [4.69, 9.17) is 39.5 Å². The van der Waals surface area contributed by atoms with Gasteiger partial charge in [-0.1, -0.05) is 57.6 Å². The summed E-state index contributed by atoms with van der Waals surface area (Å²) in [4.78, 5) is 22.6. The Morgan fingerprint density at radius 1 is 1.32 bits per heavy atom. The molecule has 0 radical (unpaired) electrons. The van der Waals surface area contributed by atoms with Crippen molar-refractivity contribution in [2.75, 3.05) is 6.26 Å². The van der Waals surface area contributed by atoms with Crippen LogP contribution in [0.25, 0.3) is 0 Å². The molecule has 0 fully saturated rings. The van der Waals surface area contributed by atoms with Crippen molar-refractivity contribution in [3.05, 3.63) is 34.4 Å². The number of hydrogen-bond donors (Lipinski definition) is 0. The second-order valence-electron chi connectivity index (χ2n) is 4.67. The first-order valence-electron chi connectivity index (χ1n) is 5.86. The molecule has 1 rings (SSSR count). The van der Waals surface area contributed by atoms with E-state index in [2.05, 4.69) is 4.36 Å². The van der Waals surface area contributed by atoms with Crippen LogP contribution in [0.1, 0.15) is 13.8 Å². The zero-order valence-electron chi connectivity index (χ0n) is 11.9. The van der Waals surface area contributed by atoms with Gasteiger partial charge in [-0.2, -0.15) is 0 Å². The molecule has 1 amide bonds. The molecule has 1 aromatic rings. The van der Waals surface area contributed by atoms with Crippen molar-refractivity contribution in [3.8, 4) is 0 Å². The van der Waals surface area contributed by atoms with Gasteiger partial charge >= 0.3 is 6.09 Å². The minimum absolute atomic E-state index is 0.120. The van der Waals surface area contributed by atoms with Gasteiger partial charge in [0.15, 0.2) is 5.60 Å². The number of carbonyl (C=O) groups is 1. The molecule has 10 heteroatoms. The largest absolute Gasteiger partial charge is 0.440 e. The Morgan fingerprint density at radius 3 is 2.36 bits per heavy atom. The molecular weight excluding hydrogens is 375 g/mol. The molecule has 1 unspecified atom stereocenters. The lowest BCUT2D eigenvalue weighted by atomic mass is 10.2. The van der Waals surface area contributed by atoms with E-state index in [0.29, 0.717) is 4.90 Å². The topological polar surface area (TPSA) is 81.8 Å². The molecule has 0 saturated heterocycles. The highest BCUT2D eigenvalue weighted by atomic mass is 35.6. The van der Waals surface area contributed by atoms with Crippen molar-refractivity contribution >= 4 is 57.3 Å². The van der Waals surface area contributed by atoms with E-state index in [1.165, 1.54) is 32.0 Å². The Labute approximate surface area is 144 Å². The smallest absolute Gasteiger partial charge is 0.437 e. The monoisotopic (exact) mass is 386 g/mol. The Kier molecular flexibility index (Phi) is 6.20. The first-order chi connectivity index (χ1) is 9.95. The van der Waals surface area contributed by atoms with Gasteiger partial charge in [0.05, 0.1) is 9.82 Å². The predicted octanol–water partition coefficient (Wildman–Crippen LogP) is 4.67. The lowest BCUT2D eigenvalue weighted by Crippen LogP contribution is -2.40. The van der Waals surface area contributed by atoms with Crippen molar-refractivity contribution in [1.82, 2.24) is 0 Å². The summed E-state index contributed by atoms with van der Waals surface area (Å²) in [5.41, 5.74) is -1.52. The second kappa shape index (κ2) is 7.12. The molecule has 0 N–H and O–H groups in total.